The highest BCUT2D eigenvalue weighted by Gasteiger charge is 2.18. The molecule has 0 radical (unpaired) electrons. The van der Waals surface area contributed by atoms with Crippen LogP contribution in [-0.2, 0) is 6.54 Å². The van der Waals surface area contributed by atoms with E-state index in [0.717, 1.165) is 41.2 Å². The molecule has 0 aliphatic carbocycles. The normalized spacial score (nSPS) is 11.0. The number of fused-ring (bicyclic) bond motifs is 1. The Hall–Kier alpha value is -4.46. The zero-order valence-corrected chi connectivity index (χ0v) is 18.8. The first kappa shape index (κ1) is 21.4. The van der Waals surface area contributed by atoms with Crippen molar-refractivity contribution >= 4 is 11.6 Å². The molecule has 3 aromatic heterocycles. The van der Waals surface area contributed by atoms with Crippen molar-refractivity contribution in [2.75, 3.05) is 13.7 Å². The fourth-order valence-corrected chi connectivity index (χ4v) is 3.83. The Morgan fingerprint density at radius 2 is 1.88 bits per heavy atom. The third-order valence-electron chi connectivity index (χ3n) is 5.61. The molecule has 1 N–H and O–H groups in total. The molecule has 1 amide bonds. The number of rotatable bonds is 8. The molecule has 8 nitrogen and oxygen atoms in total. The van der Waals surface area contributed by atoms with Crippen molar-refractivity contribution in [3.05, 3.63) is 91.1 Å². The average Bonchev–Trinajstić information content (AvgIpc) is 3.56. The van der Waals surface area contributed by atoms with Crippen molar-refractivity contribution in [2.45, 2.75) is 13.0 Å². The van der Waals surface area contributed by atoms with Crippen molar-refractivity contribution in [1.29, 1.82) is 0 Å². The van der Waals surface area contributed by atoms with E-state index in [4.69, 9.17) is 9.72 Å². The number of hydrogen-bond donors (Lipinski definition) is 1. The average molecular weight is 453 g/mol. The third-order valence-corrected chi connectivity index (χ3v) is 5.61. The number of hydrogen-bond acceptors (Lipinski definition) is 5. The van der Waals surface area contributed by atoms with Crippen LogP contribution in [0.3, 0.4) is 0 Å². The number of nitrogens with zero attached hydrogens (tertiary/aromatic N) is 5. The van der Waals surface area contributed by atoms with Gasteiger partial charge in [0.1, 0.15) is 11.3 Å². The van der Waals surface area contributed by atoms with E-state index in [2.05, 4.69) is 15.4 Å². The Morgan fingerprint density at radius 3 is 2.62 bits per heavy atom. The molecule has 5 rings (SSSR count). The summed E-state index contributed by atoms with van der Waals surface area (Å²) in [7, 11) is 1.64. The molecule has 170 valence electrons. The van der Waals surface area contributed by atoms with E-state index >= 15 is 0 Å². The summed E-state index contributed by atoms with van der Waals surface area (Å²) in [5.41, 5.74) is 4.47. The van der Waals surface area contributed by atoms with Crippen molar-refractivity contribution < 1.29 is 9.53 Å². The number of carbonyl (C=O) groups is 1. The number of methoxy groups -OCH3 is 1. The maximum atomic E-state index is 13.0. The minimum absolute atomic E-state index is 0.195. The molecule has 3 heterocycles. The smallest absolute Gasteiger partial charge is 0.256 e. The van der Waals surface area contributed by atoms with Crippen LogP contribution in [-0.4, -0.2) is 43.7 Å². The van der Waals surface area contributed by atoms with Gasteiger partial charge in [0.15, 0.2) is 5.65 Å². The van der Waals surface area contributed by atoms with E-state index in [1.165, 1.54) is 0 Å². The van der Waals surface area contributed by atoms with Crippen molar-refractivity contribution in [2.24, 2.45) is 0 Å². The molecule has 0 fully saturated rings. The van der Waals surface area contributed by atoms with E-state index < -0.39 is 0 Å². The number of aromatic nitrogens is 5. The molecule has 2 aromatic carbocycles. The van der Waals surface area contributed by atoms with E-state index in [0.29, 0.717) is 17.8 Å². The number of ether oxygens (including phenoxy) is 1. The number of aryl methyl sites for hydroxylation is 1. The van der Waals surface area contributed by atoms with Crippen LogP contribution in [0.2, 0.25) is 0 Å². The molecule has 0 atom stereocenters. The summed E-state index contributed by atoms with van der Waals surface area (Å²) in [6.45, 7) is 1.32. The second-order valence-electron chi connectivity index (χ2n) is 7.82. The van der Waals surface area contributed by atoms with E-state index in [1.54, 1.807) is 30.3 Å². The zero-order valence-electron chi connectivity index (χ0n) is 18.8. The first-order valence-electron chi connectivity index (χ1n) is 11.1. The Kier molecular flexibility index (Phi) is 6.03. The standard InChI is InChI=1S/C26H24N6O2/c1-34-21-10-8-19(9-11-21)23-16-24(20-6-3-2-4-7-20)32-25(30-23)22(17-29-32)26(33)28-12-5-14-31-15-13-27-18-31/h2-4,6-11,13,15-18H,5,12,14H2,1H3,(H,28,33). The number of amides is 1. The predicted molar refractivity (Wildman–Crippen MR) is 130 cm³/mol. The maximum Gasteiger partial charge on any atom is 0.256 e. The molecule has 0 aliphatic heterocycles. The molecule has 34 heavy (non-hydrogen) atoms. The molecular weight excluding hydrogens is 428 g/mol. The lowest BCUT2D eigenvalue weighted by Gasteiger charge is -2.10. The summed E-state index contributed by atoms with van der Waals surface area (Å²) in [4.78, 5) is 21.9. The van der Waals surface area contributed by atoms with Crippen LogP contribution < -0.4 is 10.1 Å². The molecule has 0 aliphatic rings. The van der Waals surface area contributed by atoms with Gasteiger partial charge >= 0.3 is 0 Å². The lowest BCUT2D eigenvalue weighted by atomic mass is 10.1. The van der Waals surface area contributed by atoms with Gasteiger partial charge < -0.3 is 14.6 Å². The summed E-state index contributed by atoms with van der Waals surface area (Å²) < 4.78 is 8.99. The largest absolute Gasteiger partial charge is 0.497 e. The maximum absolute atomic E-state index is 13.0. The van der Waals surface area contributed by atoms with Gasteiger partial charge in [0.2, 0.25) is 0 Å². The highest BCUT2D eigenvalue weighted by Crippen LogP contribution is 2.28. The first-order chi connectivity index (χ1) is 16.7. The first-order valence-corrected chi connectivity index (χ1v) is 11.1. The van der Waals surface area contributed by atoms with Gasteiger partial charge in [-0.15, -0.1) is 0 Å². The van der Waals surface area contributed by atoms with Crippen LogP contribution in [0.4, 0.5) is 0 Å². The minimum atomic E-state index is -0.195. The van der Waals surface area contributed by atoms with Crippen molar-refractivity contribution in [1.82, 2.24) is 29.5 Å². The van der Waals surface area contributed by atoms with Gasteiger partial charge in [-0.05, 0) is 36.8 Å². The van der Waals surface area contributed by atoms with E-state index in [-0.39, 0.29) is 5.91 Å². The van der Waals surface area contributed by atoms with Crippen molar-refractivity contribution in [3.8, 4) is 28.3 Å². The van der Waals surface area contributed by atoms with Gasteiger partial charge in [0.05, 0.1) is 31.0 Å². The van der Waals surface area contributed by atoms with Gasteiger partial charge in [0, 0.05) is 36.6 Å². The third kappa shape index (κ3) is 4.38. The Balaban J connectivity index is 1.48. The molecule has 0 saturated heterocycles. The second kappa shape index (κ2) is 9.58. The topological polar surface area (TPSA) is 86.3 Å². The Bertz CT molecular complexity index is 1390. The van der Waals surface area contributed by atoms with Crippen LogP contribution in [0.25, 0.3) is 28.2 Å². The Labute approximate surface area is 196 Å². The second-order valence-corrected chi connectivity index (χ2v) is 7.82. The van der Waals surface area contributed by atoms with Crippen LogP contribution in [0, 0.1) is 0 Å². The summed E-state index contributed by atoms with van der Waals surface area (Å²) >= 11 is 0. The molecule has 0 spiro atoms. The van der Waals surface area contributed by atoms with Gasteiger partial charge in [-0.1, -0.05) is 30.3 Å². The highest BCUT2D eigenvalue weighted by atomic mass is 16.5. The number of carbonyl (C=O) groups excluding carboxylic acids is 1. The van der Waals surface area contributed by atoms with Crippen LogP contribution >= 0.6 is 0 Å². The van der Waals surface area contributed by atoms with E-state index in [1.807, 2.05) is 71.4 Å². The summed E-state index contributed by atoms with van der Waals surface area (Å²) in [5, 5.41) is 7.50. The van der Waals surface area contributed by atoms with Gasteiger partial charge in [-0.2, -0.15) is 5.10 Å². The van der Waals surface area contributed by atoms with Gasteiger partial charge in [-0.25, -0.2) is 14.5 Å². The minimum Gasteiger partial charge on any atom is -0.497 e. The lowest BCUT2D eigenvalue weighted by molar-refractivity contribution is 0.0954. The summed E-state index contributed by atoms with van der Waals surface area (Å²) in [6.07, 6.45) is 7.79. The highest BCUT2D eigenvalue weighted by molar-refractivity contribution is 6.00. The summed E-state index contributed by atoms with van der Waals surface area (Å²) in [6, 6.07) is 19.7. The number of imidazole rings is 1. The molecule has 0 saturated carbocycles. The predicted octanol–water partition coefficient (Wildman–Crippen LogP) is 4.09. The number of nitrogens with one attached hydrogen (secondary N) is 1. The van der Waals surface area contributed by atoms with E-state index in [9.17, 15) is 4.79 Å². The lowest BCUT2D eigenvalue weighted by Crippen LogP contribution is -2.25. The molecule has 0 unspecified atom stereocenters. The van der Waals surface area contributed by atoms with Gasteiger partial charge in [0.25, 0.3) is 5.91 Å². The fourth-order valence-electron chi connectivity index (χ4n) is 3.83. The quantitative estimate of drug-likeness (QED) is 0.359. The molecule has 5 aromatic rings. The monoisotopic (exact) mass is 452 g/mol. The Morgan fingerprint density at radius 1 is 1.06 bits per heavy atom. The molecule has 0 bridgehead atoms. The number of benzene rings is 2. The van der Waals surface area contributed by atoms with Crippen LogP contribution in [0.5, 0.6) is 5.75 Å². The zero-order chi connectivity index (χ0) is 23.3. The molecular formula is C26H24N6O2. The fraction of sp³-hybridized carbons (Fsp3) is 0.154. The molecule has 8 heteroatoms. The van der Waals surface area contributed by atoms with Crippen LogP contribution in [0.1, 0.15) is 16.8 Å². The van der Waals surface area contributed by atoms with Crippen molar-refractivity contribution in [3.63, 3.8) is 0 Å². The summed E-state index contributed by atoms with van der Waals surface area (Å²) in [5.74, 6) is 0.576. The van der Waals surface area contributed by atoms with Crippen LogP contribution in [0.15, 0.2) is 85.6 Å². The SMILES string of the molecule is COc1ccc(-c2cc(-c3ccccc3)n3ncc(C(=O)NCCCn4ccnc4)c3n2)cc1. The van der Waals surface area contributed by atoms with Gasteiger partial charge in [-0.3, -0.25) is 4.79 Å².